The molecule has 7 heteroatoms. The molecule has 0 bridgehead atoms. The maximum absolute atomic E-state index is 13.0. The molecular formula is C17H13F3N2O2. The Labute approximate surface area is 136 Å². The molecule has 24 heavy (non-hydrogen) atoms. The van der Waals surface area contributed by atoms with Gasteiger partial charge < -0.3 is 10.1 Å². The third-order valence-electron chi connectivity index (χ3n) is 3.29. The van der Waals surface area contributed by atoms with E-state index in [-0.39, 0.29) is 17.8 Å². The van der Waals surface area contributed by atoms with Crippen LogP contribution in [-0.2, 0) is 17.5 Å². The number of methoxy groups -OCH3 is 1. The van der Waals surface area contributed by atoms with Crippen LogP contribution in [-0.4, -0.2) is 13.1 Å². The van der Waals surface area contributed by atoms with Crippen molar-refractivity contribution in [3.63, 3.8) is 0 Å². The van der Waals surface area contributed by atoms with E-state index in [4.69, 9.17) is 5.26 Å². The van der Waals surface area contributed by atoms with Gasteiger partial charge in [0.25, 0.3) is 0 Å². The fraction of sp³-hybridized carbons (Fsp3) is 0.176. The van der Waals surface area contributed by atoms with Crippen LogP contribution in [0.5, 0.6) is 0 Å². The number of benzene rings is 2. The zero-order chi connectivity index (χ0) is 17.7. The van der Waals surface area contributed by atoms with E-state index in [0.29, 0.717) is 11.1 Å². The Hall–Kier alpha value is -3.01. The summed E-state index contributed by atoms with van der Waals surface area (Å²) in [7, 11) is 1.25. The fourth-order valence-electron chi connectivity index (χ4n) is 2.13. The van der Waals surface area contributed by atoms with Crippen LogP contribution in [0.3, 0.4) is 0 Å². The largest absolute Gasteiger partial charge is 0.465 e. The molecule has 0 spiro atoms. The molecule has 4 nitrogen and oxygen atoms in total. The van der Waals surface area contributed by atoms with Crippen LogP contribution < -0.4 is 5.32 Å². The maximum atomic E-state index is 13.0. The van der Waals surface area contributed by atoms with Crippen molar-refractivity contribution in [2.45, 2.75) is 12.7 Å². The average molecular weight is 334 g/mol. The first-order valence-corrected chi connectivity index (χ1v) is 6.87. The summed E-state index contributed by atoms with van der Waals surface area (Å²) in [5.41, 5.74) is -0.0172. The minimum absolute atomic E-state index is 0.0583. The van der Waals surface area contributed by atoms with Crippen LogP contribution in [0.2, 0.25) is 0 Å². The molecule has 0 saturated carbocycles. The number of hydrogen-bond acceptors (Lipinski definition) is 4. The highest BCUT2D eigenvalue weighted by Crippen LogP contribution is 2.35. The average Bonchev–Trinajstić information content (AvgIpc) is 2.58. The van der Waals surface area contributed by atoms with Crippen LogP contribution in [0.4, 0.5) is 18.9 Å². The van der Waals surface area contributed by atoms with Gasteiger partial charge in [-0.15, -0.1) is 0 Å². The van der Waals surface area contributed by atoms with Gasteiger partial charge in [0.05, 0.1) is 29.9 Å². The van der Waals surface area contributed by atoms with Crippen molar-refractivity contribution in [1.82, 2.24) is 0 Å². The molecule has 0 unspecified atom stereocenters. The lowest BCUT2D eigenvalue weighted by molar-refractivity contribution is -0.137. The Morgan fingerprint density at radius 3 is 2.62 bits per heavy atom. The molecule has 0 amide bonds. The molecule has 1 N–H and O–H groups in total. The molecular weight excluding hydrogens is 321 g/mol. The lowest BCUT2D eigenvalue weighted by Crippen LogP contribution is -2.11. The van der Waals surface area contributed by atoms with E-state index in [2.05, 4.69) is 10.1 Å². The van der Waals surface area contributed by atoms with Gasteiger partial charge in [-0.3, -0.25) is 0 Å². The number of halogens is 3. The Kier molecular flexibility index (Phi) is 5.09. The molecule has 0 heterocycles. The monoisotopic (exact) mass is 334 g/mol. The maximum Gasteiger partial charge on any atom is 0.418 e. The smallest absolute Gasteiger partial charge is 0.418 e. The zero-order valence-corrected chi connectivity index (χ0v) is 12.6. The van der Waals surface area contributed by atoms with Crippen LogP contribution in [0.1, 0.15) is 27.0 Å². The summed E-state index contributed by atoms with van der Waals surface area (Å²) in [4.78, 5) is 11.5. The number of nitriles is 1. The summed E-state index contributed by atoms with van der Waals surface area (Å²) >= 11 is 0. The SMILES string of the molecule is COC(=O)c1cccc(CNc2cc(C#N)ccc2C(F)(F)F)c1. The first-order valence-electron chi connectivity index (χ1n) is 6.87. The Balaban J connectivity index is 2.26. The third kappa shape index (κ3) is 4.04. The lowest BCUT2D eigenvalue weighted by Gasteiger charge is -2.15. The summed E-state index contributed by atoms with van der Waals surface area (Å²) in [6.07, 6.45) is -4.54. The van der Waals surface area contributed by atoms with Crippen LogP contribution in [0.15, 0.2) is 42.5 Å². The molecule has 0 aromatic heterocycles. The van der Waals surface area contributed by atoms with Crippen LogP contribution in [0.25, 0.3) is 0 Å². The summed E-state index contributed by atoms with van der Waals surface area (Å²) < 4.78 is 43.7. The number of nitrogens with one attached hydrogen (secondary N) is 1. The van der Waals surface area contributed by atoms with Crippen molar-refractivity contribution in [3.8, 4) is 6.07 Å². The van der Waals surface area contributed by atoms with Crippen LogP contribution >= 0.6 is 0 Å². The second-order valence-corrected chi connectivity index (χ2v) is 4.92. The van der Waals surface area contributed by atoms with Crippen LogP contribution in [0, 0.1) is 11.3 Å². The number of alkyl halides is 3. The van der Waals surface area contributed by atoms with E-state index < -0.39 is 17.7 Å². The molecule has 0 aliphatic rings. The van der Waals surface area contributed by atoms with Gasteiger partial charge in [-0.05, 0) is 35.9 Å². The Morgan fingerprint density at radius 2 is 2.00 bits per heavy atom. The van der Waals surface area contributed by atoms with E-state index in [0.717, 1.165) is 18.2 Å². The highest BCUT2D eigenvalue weighted by atomic mass is 19.4. The van der Waals surface area contributed by atoms with Crippen molar-refractivity contribution in [1.29, 1.82) is 5.26 Å². The van der Waals surface area contributed by atoms with E-state index in [1.165, 1.54) is 13.2 Å². The molecule has 0 saturated heterocycles. The van der Waals surface area contributed by atoms with E-state index in [1.54, 1.807) is 18.2 Å². The number of esters is 1. The first kappa shape index (κ1) is 17.3. The lowest BCUT2D eigenvalue weighted by atomic mass is 10.1. The number of nitrogens with zero attached hydrogens (tertiary/aromatic N) is 1. The van der Waals surface area contributed by atoms with Gasteiger partial charge in [0.15, 0.2) is 0 Å². The van der Waals surface area contributed by atoms with E-state index in [1.807, 2.05) is 6.07 Å². The normalized spacial score (nSPS) is 10.8. The van der Waals surface area contributed by atoms with Gasteiger partial charge in [0.1, 0.15) is 0 Å². The number of hydrogen-bond donors (Lipinski definition) is 1. The summed E-state index contributed by atoms with van der Waals surface area (Å²) in [6, 6.07) is 11.3. The van der Waals surface area contributed by atoms with Gasteiger partial charge in [0.2, 0.25) is 0 Å². The highest BCUT2D eigenvalue weighted by molar-refractivity contribution is 5.89. The number of carbonyl (C=O) groups is 1. The third-order valence-corrected chi connectivity index (χ3v) is 3.29. The zero-order valence-electron chi connectivity index (χ0n) is 12.6. The Bertz CT molecular complexity index is 795. The van der Waals surface area contributed by atoms with Crippen molar-refractivity contribution in [3.05, 3.63) is 64.7 Å². The number of carbonyl (C=O) groups excluding carboxylic acids is 1. The van der Waals surface area contributed by atoms with Crippen molar-refractivity contribution in [2.24, 2.45) is 0 Å². The number of anilines is 1. The van der Waals surface area contributed by atoms with E-state index >= 15 is 0 Å². The number of rotatable bonds is 4. The minimum Gasteiger partial charge on any atom is -0.465 e. The number of ether oxygens (including phenoxy) is 1. The molecule has 2 aromatic carbocycles. The van der Waals surface area contributed by atoms with Gasteiger partial charge >= 0.3 is 12.1 Å². The van der Waals surface area contributed by atoms with Gasteiger partial charge in [-0.25, -0.2) is 4.79 Å². The molecule has 0 radical (unpaired) electrons. The molecule has 0 aliphatic heterocycles. The molecule has 2 rings (SSSR count). The summed E-state index contributed by atoms with van der Waals surface area (Å²) in [6.45, 7) is 0.0583. The summed E-state index contributed by atoms with van der Waals surface area (Å²) in [5, 5.41) is 11.5. The van der Waals surface area contributed by atoms with Crippen molar-refractivity contribution < 1.29 is 22.7 Å². The molecule has 0 atom stereocenters. The van der Waals surface area contributed by atoms with Gasteiger partial charge in [-0.2, -0.15) is 18.4 Å². The van der Waals surface area contributed by atoms with Crippen molar-refractivity contribution in [2.75, 3.05) is 12.4 Å². The topological polar surface area (TPSA) is 62.1 Å². The van der Waals surface area contributed by atoms with Crippen molar-refractivity contribution >= 4 is 11.7 Å². The fourth-order valence-corrected chi connectivity index (χ4v) is 2.13. The second-order valence-electron chi connectivity index (χ2n) is 4.92. The van der Waals surface area contributed by atoms with E-state index in [9.17, 15) is 18.0 Å². The quantitative estimate of drug-likeness (QED) is 0.859. The predicted molar refractivity (Wildman–Crippen MR) is 81.3 cm³/mol. The minimum atomic E-state index is -4.54. The molecule has 0 aliphatic carbocycles. The summed E-state index contributed by atoms with van der Waals surface area (Å²) in [5.74, 6) is -0.528. The first-order chi connectivity index (χ1) is 11.3. The standard InChI is InChI=1S/C17H13F3N2O2/c1-24-16(23)13-4-2-3-12(7-13)10-22-15-8-11(9-21)5-6-14(15)17(18,19)20/h2-8,22H,10H2,1H3. The highest BCUT2D eigenvalue weighted by Gasteiger charge is 2.33. The molecule has 2 aromatic rings. The second kappa shape index (κ2) is 7.04. The molecule has 124 valence electrons. The molecule has 0 fully saturated rings. The predicted octanol–water partition coefficient (Wildman–Crippen LogP) is 3.98. The van der Waals surface area contributed by atoms with Gasteiger partial charge in [0, 0.05) is 12.2 Å². The Morgan fingerprint density at radius 1 is 1.25 bits per heavy atom. The van der Waals surface area contributed by atoms with Gasteiger partial charge in [-0.1, -0.05) is 12.1 Å².